The van der Waals surface area contributed by atoms with Crippen molar-refractivity contribution in [3.05, 3.63) is 47.3 Å². The maximum Gasteiger partial charge on any atom is 0.318 e. The zero-order chi connectivity index (χ0) is 31.7. The molecule has 4 heterocycles. The lowest BCUT2D eigenvalue weighted by Crippen LogP contribution is -2.55. The van der Waals surface area contributed by atoms with E-state index in [0.29, 0.717) is 38.8 Å². The number of nitriles is 1. The van der Waals surface area contributed by atoms with Gasteiger partial charge in [-0.3, -0.25) is 9.89 Å². The number of ether oxygens (including phenoxy) is 1. The minimum absolute atomic E-state index is 0.117. The Morgan fingerprint density at radius 3 is 2.76 bits per heavy atom. The topological polar surface area (TPSA) is 118 Å². The van der Waals surface area contributed by atoms with Crippen LogP contribution in [0.1, 0.15) is 54.5 Å². The normalized spacial score (nSPS) is 19.6. The standard InChI is InChI=1S/C34H45N9O2/c1-6-30(44)43-16-15-42(19-25(43)10-13-35)32-26-9-7-14-41(31-24(3)23(2)17-28-27(31)18-36-39-28)20-29(26)37-33(38-32)45-22-34(11-8-12-34)21-40(4)5/h6,17-18,25H,1,7-12,14-16,19-22H2,2-5H3,(H,36,39)/t25-/m0/s1. The summed E-state index contributed by atoms with van der Waals surface area (Å²) in [4.78, 5) is 31.5. The predicted octanol–water partition coefficient (Wildman–Crippen LogP) is 4.15. The number of nitrogens with one attached hydrogen (secondary N) is 1. The third-order valence-electron chi connectivity index (χ3n) is 9.93. The van der Waals surface area contributed by atoms with Gasteiger partial charge in [0.2, 0.25) is 5.91 Å². The van der Waals surface area contributed by atoms with Gasteiger partial charge in [0.25, 0.3) is 0 Å². The molecule has 1 aliphatic carbocycles. The average Bonchev–Trinajstić information content (AvgIpc) is 3.35. The summed E-state index contributed by atoms with van der Waals surface area (Å²) in [7, 11) is 4.23. The highest BCUT2D eigenvalue weighted by Crippen LogP contribution is 2.42. The van der Waals surface area contributed by atoms with Crippen molar-refractivity contribution in [1.29, 1.82) is 5.26 Å². The van der Waals surface area contributed by atoms with Crippen LogP contribution in [0.4, 0.5) is 11.5 Å². The van der Waals surface area contributed by atoms with E-state index in [1.807, 2.05) is 6.20 Å². The SMILES string of the molecule is C=CC(=O)N1CCN(c2nc(OCC3(CN(C)C)CCC3)nc3c2CCCN(c2c(C)c(C)cc4[nH]ncc24)C3)C[C@@H]1CC#N. The predicted molar refractivity (Wildman–Crippen MR) is 175 cm³/mol. The number of rotatable bonds is 9. The van der Waals surface area contributed by atoms with Gasteiger partial charge in [-0.1, -0.05) is 13.0 Å². The van der Waals surface area contributed by atoms with Gasteiger partial charge >= 0.3 is 6.01 Å². The highest BCUT2D eigenvalue weighted by atomic mass is 16.5. The van der Waals surface area contributed by atoms with E-state index in [4.69, 9.17) is 14.7 Å². The highest BCUT2D eigenvalue weighted by molar-refractivity contribution is 5.94. The Hall–Kier alpha value is -4.17. The second-order valence-electron chi connectivity index (χ2n) is 13.4. The molecule has 1 atom stereocenters. The molecule has 2 aliphatic heterocycles. The lowest BCUT2D eigenvalue weighted by Gasteiger charge is -2.43. The molecule has 1 saturated heterocycles. The molecule has 11 heteroatoms. The largest absolute Gasteiger partial charge is 0.463 e. The van der Waals surface area contributed by atoms with Crippen LogP contribution in [0.25, 0.3) is 10.9 Å². The molecule has 238 valence electrons. The van der Waals surface area contributed by atoms with Crippen molar-refractivity contribution in [2.24, 2.45) is 5.41 Å². The Kier molecular flexibility index (Phi) is 8.69. The van der Waals surface area contributed by atoms with Gasteiger partial charge in [-0.15, -0.1) is 0 Å². The van der Waals surface area contributed by atoms with Crippen molar-refractivity contribution in [2.45, 2.75) is 65.0 Å². The number of piperazine rings is 1. The van der Waals surface area contributed by atoms with Crippen LogP contribution in [0.15, 0.2) is 24.9 Å². The number of fused-ring (bicyclic) bond motifs is 2. The summed E-state index contributed by atoms with van der Waals surface area (Å²) in [6.07, 6.45) is 8.78. The molecule has 0 radical (unpaired) electrons. The molecule has 3 aromatic rings. The Balaban J connectivity index is 1.38. The lowest BCUT2D eigenvalue weighted by molar-refractivity contribution is -0.128. The smallest absolute Gasteiger partial charge is 0.318 e. The molecule has 45 heavy (non-hydrogen) atoms. The Bertz CT molecular complexity index is 1620. The minimum Gasteiger partial charge on any atom is -0.463 e. The molecule has 3 aliphatic rings. The van der Waals surface area contributed by atoms with Gasteiger partial charge in [0.05, 0.1) is 54.8 Å². The molecule has 1 N–H and O–H groups in total. The number of H-pyrrole nitrogens is 1. The number of carbonyl (C=O) groups excluding carboxylic acids is 1. The van der Waals surface area contributed by atoms with Crippen LogP contribution >= 0.6 is 0 Å². The fraction of sp³-hybridized carbons (Fsp3) is 0.559. The molecule has 1 aromatic carbocycles. The molecule has 1 amide bonds. The second-order valence-corrected chi connectivity index (χ2v) is 13.4. The van der Waals surface area contributed by atoms with E-state index in [2.05, 4.69) is 71.6 Å². The average molecular weight is 612 g/mol. The number of benzene rings is 1. The maximum absolute atomic E-state index is 12.6. The first-order valence-corrected chi connectivity index (χ1v) is 16.1. The lowest BCUT2D eigenvalue weighted by atomic mass is 9.69. The molecule has 0 spiro atoms. The van der Waals surface area contributed by atoms with Crippen LogP contribution in [0.2, 0.25) is 0 Å². The van der Waals surface area contributed by atoms with Gasteiger partial charge in [0.1, 0.15) is 5.82 Å². The van der Waals surface area contributed by atoms with Gasteiger partial charge in [-0.25, -0.2) is 0 Å². The van der Waals surface area contributed by atoms with Crippen LogP contribution in [0.5, 0.6) is 6.01 Å². The number of anilines is 2. The first-order chi connectivity index (χ1) is 21.7. The van der Waals surface area contributed by atoms with Crippen molar-refractivity contribution < 1.29 is 9.53 Å². The summed E-state index contributed by atoms with van der Waals surface area (Å²) in [6.45, 7) is 12.7. The third kappa shape index (κ3) is 6.08. The van der Waals surface area contributed by atoms with E-state index in [-0.39, 0.29) is 23.8 Å². The highest BCUT2D eigenvalue weighted by Gasteiger charge is 2.39. The first-order valence-electron chi connectivity index (χ1n) is 16.1. The zero-order valence-corrected chi connectivity index (χ0v) is 27.1. The van der Waals surface area contributed by atoms with E-state index in [1.165, 1.54) is 29.3 Å². The summed E-state index contributed by atoms with van der Waals surface area (Å²) in [5, 5.41) is 18.2. The van der Waals surface area contributed by atoms with Crippen LogP contribution < -0.4 is 14.5 Å². The number of hydrogen-bond acceptors (Lipinski definition) is 9. The Morgan fingerprint density at radius 1 is 1.22 bits per heavy atom. The first kappa shape index (κ1) is 30.8. The summed E-state index contributed by atoms with van der Waals surface area (Å²) in [5.74, 6) is 0.733. The number of aromatic nitrogens is 4. The van der Waals surface area contributed by atoms with E-state index in [9.17, 15) is 10.1 Å². The van der Waals surface area contributed by atoms with Crippen LogP contribution in [0.3, 0.4) is 0 Å². The van der Waals surface area contributed by atoms with Crippen LogP contribution in [-0.2, 0) is 17.8 Å². The van der Waals surface area contributed by atoms with Gasteiger partial charge in [0.15, 0.2) is 0 Å². The third-order valence-corrected chi connectivity index (χ3v) is 9.93. The van der Waals surface area contributed by atoms with Crippen molar-refractivity contribution in [3.8, 4) is 12.1 Å². The fourth-order valence-corrected chi connectivity index (χ4v) is 7.47. The van der Waals surface area contributed by atoms with E-state index < -0.39 is 0 Å². The van der Waals surface area contributed by atoms with Gasteiger partial charge in [-0.2, -0.15) is 20.3 Å². The minimum atomic E-state index is -0.242. The second kappa shape index (κ2) is 12.7. The van der Waals surface area contributed by atoms with Gasteiger partial charge < -0.3 is 24.3 Å². The van der Waals surface area contributed by atoms with Gasteiger partial charge in [-0.05, 0) is 76.9 Å². The number of aromatic amines is 1. The van der Waals surface area contributed by atoms with Crippen molar-refractivity contribution in [3.63, 3.8) is 0 Å². The number of nitrogens with zero attached hydrogens (tertiary/aromatic N) is 8. The molecule has 11 nitrogen and oxygen atoms in total. The molecular weight excluding hydrogens is 566 g/mol. The molecule has 0 unspecified atom stereocenters. The van der Waals surface area contributed by atoms with E-state index in [0.717, 1.165) is 66.8 Å². The zero-order valence-electron chi connectivity index (χ0n) is 27.1. The quantitative estimate of drug-likeness (QED) is 0.356. The molecule has 6 rings (SSSR count). The molecular formula is C34H45N9O2. The monoisotopic (exact) mass is 611 g/mol. The summed E-state index contributed by atoms with van der Waals surface area (Å²) < 4.78 is 6.51. The van der Waals surface area contributed by atoms with Crippen LogP contribution in [-0.4, -0.2) is 95.3 Å². The Morgan fingerprint density at radius 2 is 2.04 bits per heavy atom. The summed E-state index contributed by atoms with van der Waals surface area (Å²) in [5.41, 5.74) is 6.92. The molecule has 2 aromatic heterocycles. The maximum atomic E-state index is 12.6. The van der Waals surface area contributed by atoms with E-state index >= 15 is 0 Å². The van der Waals surface area contributed by atoms with Crippen molar-refractivity contribution in [1.82, 2.24) is 30.0 Å². The fourth-order valence-electron chi connectivity index (χ4n) is 7.47. The molecule has 1 saturated carbocycles. The van der Waals surface area contributed by atoms with Crippen molar-refractivity contribution >= 4 is 28.3 Å². The molecule has 0 bridgehead atoms. The van der Waals surface area contributed by atoms with Crippen LogP contribution in [0, 0.1) is 30.6 Å². The number of aryl methyl sites for hydroxylation is 1. The number of carbonyl (C=O) groups is 1. The number of hydrogen-bond donors (Lipinski definition) is 1. The molecule has 2 fully saturated rings. The summed E-state index contributed by atoms with van der Waals surface area (Å²) >= 11 is 0. The Labute approximate surface area is 265 Å². The van der Waals surface area contributed by atoms with E-state index in [1.54, 1.807) is 4.90 Å². The van der Waals surface area contributed by atoms with Crippen molar-refractivity contribution in [2.75, 3.05) is 63.2 Å². The van der Waals surface area contributed by atoms with Gasteiger partial charge in [0, 0.05) is 49.1 Å². The number of amides is 1. The summed E-state index contributed by atoms with van der Waals surface area (Å²) in [6, 6.07) is 4.61.